The van der Waals surface area contributed by atoms with Crippen LogP contribution in [0.3, 0.4) is 0 Å². The number of carboxylic acids is 1. The van der Waals surface area contributed by atoms with Gasteiger partial charge in [-0.1, -0.05) is 47.0 Å². The minimum atomic E-state index is -5.08. The Bertz CT molecular complexity index is 223. The van der Waals surface area contributed by atoms with E-state index in [2.05, 4.69) is 13.8 Å². The lowest BCUT2D eigenvalue weighted by Crippen LogP contribution is -2.21. The van der Waals surface area contributed by atoms with Gasteiger partial charge in [-0.05, 0) is 24.8 Å². The highest BCUT2D eigenvalue weighted by Gasteiger charge is 2.38. The standard InChI is InChI=1S/C9H20O.C3H9N.C2HF3O2/c1-3-4-6-9(2)7-5-8-10;1-3(2)4;3-2(4,5)1(6)7/h9-10H,3-8H2,1-2H3;3H,4H2,1-2H3;(H,6,7). The van der Waals surface area contributed by atoms with Gasteiger partial charge in [-0.2, -0.15) is 13.2 Å². The molecule has 4 N–H and O–H groups in total. The number of aliphatic hydroxyl groups excluding tert-OH is 1. The molecule has 0 bridgehead atoms. The number of rotatable bonds is 6. The van der Waals surface area contributed by atoms with E-state index in [9.17, 15) is 13.2 Å². The van der Waals surface area contributed by atoms with E-state index in [1.54, 1.807) is 0 Å². The Hall–Kier alpha value is -0.820. The van der Waals surface area contributed by atoms with E-state index < -0.39 is 12.1 Å². The van der Waals surface area contributed by atoms with Gasteiger partial charge in [0.2, 0.25) is 0 Å². The molecule has 0 aliphatic heterocycles. The first-order valence-electron chi connectivity index (χ1n) is 7.15. The average molecular weight is 317 g/mol. The van der Waals surface area contributed by atoms with Crippen molar-refractivity contribution in [3.63, 3.8) is 0 Å². The molecular formula is C14H30F3NO3. The Morgan fingerprint density at radius 3 is 1.71 bits per heavy atom. The largest absolute Gasteiger partial charge is 0.490 e. The fourth-order valence-corrected chi connectivity index (χ4v) is 1.14. The van der Waals surface area contributed by atoms with E-state index in [-0.39, 0.29) is 0 Å². The van der Waals surface area contributed by atoms with Crippen LogP contribution in [0.25, 0.3) is 0 Å². The maximum Gasteiger partial charge on any atom is 0.490 e. The van der Waals surface area contributed by atoms with Gasteiger partial charge in [-0.15, -0.1) is 0 Å². The Morgan fingerprint density at radius 1 is 1.14 bits per heavy atom. The van der Waals surface area contributed by atoms with Crippen LogP contribution in [0, 0.1) is 5.92 Å². The quantitative estimate of drug-likeness (QED) is 0.699. The molecule has 0 saturated carbocycles. The highest BCUT2D eigenvalue weighted by molar-refractivity contribution is 5.73. The Balaban J connectivity index is -0.000000256. The van der Waals surface area contributed by atoms with Gasteiger partial charge in [-0.3, -0.25) is 0 Å². The summed E-state index contributed by atoms with van der Waals surface area (Å²) < 4.78 is 31.7. The lowest BCUT2D eigenvalue weighted by molar-refractivity contribution is -0.192. The van der Waals surface area contributed by atoms with Crippen LogP contribution in [0.4, 0.5) is 13.2 Å². The smallest absolute Gasteiger partial charge is 0.475 e. The molecule has 0 aliphatic rings. The zero-order valence-electron chi connectivity index (χ0n) is 13.4. The van der Waals surface area contributed by atoms with Gasteiger partial charge in [0, 0.05) is 6.61 Å². The second kappa shape index (κ2) is 15.6. The first kappa shape index (κ1) is 25.2. The van der Waals surface area contributed by atoms with Gasteiger partial charge >= 0.3 is 12.1 Å². The van der Waals surface area contributed by atoms with Gasteiger partial charge < -0.3 is 15.9 Å². The minimum Gasteiger partial charge on any atom is -0.475 e. The predicted molar refractivity (Wildman–Crippen MR) is 78.0 cm³/mol. The number of nitrogens with two attached hydrogens (primary N) is 1. The number of carboxylic acid groups (broad SMARTS) is 1. The lowest BCUT2D eigenvalue weighted by atomic mass is 9.99. The molecule has 0 aromatic carbocycles. The fraction of sp³-hybridized carbons (Fsp3) is 0.929. The summed E-state index contributed by atoms with van der Waals surface area (Å²) in [5.41, 5.74) is 5.11. The van der Waals surface area contributed by atoms with Gasteiger partial charge in [0.1, 0.15) is 0 Å². The molecular weight excluding hydrogens is 287 g/mol. The number of aliphatic carboxylic acids is 1. The molecule has 0 rings (SSSR count). The molecule has 1 unspecified atom stereocenters. The van der Waals surface area contributed by atoms with Crippen LogP contribution in [0.1, 0.15) is 59.8 Å². The summed E-state index contributed by atoms with van der Waals surface area (Å²) in [4.78, 5) is 8.90. The van der Waals surface area contributed by atoms with E-state index >= 15 is 0 Å². The third-order valence-corrected chi connectivity index (χ3v) is 2.15. The molecule has 0 saturated heterocycles. The van der Waals surface area contributed by atoms with Crippen molar-refractivity contribution in [1.29, 1.82) is 0 Å². The summed E-state index contributed by atoms with van der Waals surface area (Å²) in [7, 11) is 0. The van der Waals surface area contributed by atoms with Crippen molar-refractivity contribution in [3.05, 3.63) is 0 Å². The van der Waals surface area contributed by atoms with Crippen molar-refractivity contribution in [1.82, 2.24) is 0 Å². The van der Waals surface area contributed by atoms with Crippen molar-refractivity contribution >= 4 is 5.97 Å². The number of hydrogen-bond donors (Lipinski definition) is 3. The monoisotopic (exact) mass is 317 g/mol. The molecule has 0 aromatic rings. The number of carbonyl (C=O) groups is 1. The SMILES string of the molecule is CC(C)N.CCCCC(C)CCCO.O=C(O)C(F)(F)F. The molecule has 0 amide bonds. The summed E-state index contributed by atoms with van der Waals surface area (Å²) in [5, 5.41) is 15.7. The minimum absolute atomic E-state index is 0.333. The second-order valence-corrected chi connectivity index (χ2v) is 5.16. The number of alkyl halides is 3. The summed E-state index contributed by atoms with van der Waals surface area (Å²) in [6, 6.07) is 0.333. The topological polar surface area (TPSA) is 83.5 Å². The summed E-state index contributed by atoms with van der Waals surface area (Å²) in [5.74, 6) is -1.94. The third kappa shape index (κ3) is 32.6. The van der Waals surface area contributed by atoms with E-state index in [0.29, 0.717) is 12.6 Å². The average Bonchev–Trinajstić information content (AvgIpc) is 2.32. The molecule has 0 radical (unpaired) electrons. The van der Waals surface area contributed by atoms with Crippen molar-refractivity contribution in [2.24, 2.45) is 11.7 Å². The van der Waals surface area contributed by atoms with Crippen molar-refractivity contribution in [2.45, 2.75) is 72.0 Å². The van der Waals surface area contributed by atoms with Crippen LogP contribution >= 0.6 is 0 Å². The van der Waals surface area contributed by atoms with Crippen LogP contribution in [-0.4, -0.2) is 35.0 Å². The van der Waals surface area contributed by atoms with E-state index in [1.807, 2.05) is 13.8 Å². The number of aliphatic hydroxyl groups is 1. The lowest BCUT2D eigenvalue weighted by Gasteiger charge is -2.08. The molecule has 0 aromatic heterocycles. The molecule has 4 nitrogen and oxygen atoms in total. The van der Waals surface area contributed by atoms with E-state index in [0.717, 1.165) is 12.3 Å². The maximum atomic E-state index is 10.6. The molecule has 0 spiro atoms. The Labute approximate surface area is 125 Å². The summed E-state index contributed by atoms with van der Waals surface area (Å²) >= 11 is 0. The van der Waals surface area contributed by atoms with Crippen molar-refractivity contribution in [3.8, 4) is 0 Å². The predicted octanol–water partition coefficient (Wildman–Crippen LogP) is 3.57. The third-order valence-electron chi connectivity index (χ3n) is 2.15. The summed E-state index contributed by atoms with van der Waals surface area (Å²) in [6.07, 6.45) is 1.05. The maximum absolute atomic E-state index is 10.6. The van der Waals surface area contributed by atoms with Gasteiger partial charge in [0.15, 0.2) is 0 Å². The molecule has 0 fully saturated rings. The van der Waals surface area contributed by atoms with Crippen LogP contribution in [0.15, 0.2) is 0 Å². The normalized spacial score (nSPS) is 11.9. The molecule has 7 heteroatoms. The van der Waals surface area contributed by atoms with Crippen LogP contribution in [-0.2, 0) is 4.79 Å². The first-order chi connectivity index (χ1) is 9.48. The van der Waals surface area contributed by atoms with Gasteiger partial charge in [0.25, 0.3) is 0 Å². The number of unbranched alkanes of at least 4 members (excludes halogenated alkanes) is 1. The van der Waals surface area contributed by atoms with Crippen LogP contribution in [0.2, 0.25) is 0 Å². The van der Waals surface area contributed by atoms with Gasteiger partial charge in [0.05, 0.1) is 0 Å². The summed E-state index contributed by atoms with van der Waals surface area (Å²) in [6.45, 7) is 8.74. The van der Waals surface area contributed by atoms with Crippen LogP contribution in [0.5, 0.6) is 0 Å². The zero-order valence-corrected chi connectivity index (χ0v) is 13.4. The Kier molecular flexibility index (Phi) is 18.6. The fourth-order valence-electron chi connectivity index (χ4n) is 1.14. The molecule has 130 valence electrons. The zero-order chi connectivity index (χ0) is 17.5. The van der Waals surface area contributed by atoms with E-state index in [1.165, 1.54) is 25.7 Å². The van der Waals surface area contributed by atoms with Gasteiger partial charge in [-0.25, -0.2) is 4.79 Å². The number of halogens is 3. The molecule has 1 atom stereocenters. The second-order valence-electron chi connectivity index (χ2n) is 5.16. The molecule has 0 heterocycles. The first-order valence-corrected chi connectivity index (χ1v) is 7.15. The van der Waals surface area contributed by atoms with Crippen molar-refractivity contribution < 1.29 is 28.2 Å². The molecule has 21 heavy (non-hydrogen) atoms. The highest BCUT2D eigenvalue weighted by atomic mass is 19.4. The van der Waals surface area contributed by atoms with Crippen LogP contribution < -0.4 is 5.73 Å². The Morgan fingerprint density at radius 2 is 1.48 bits per heavy atom. The molecule has 0 aliphatic carbocycles. The van der Waals surface area contributed by atoms with Crippen molar-refractivity contribution in [2.75, 3.05) is 6.61 Å². The van der Waals surface area contributed by atoms with E-state index in [4.69, 9.17) is 20.7 Å². The highest BCUT2D eigenvalue weighted by Crippen LogP contribution is 2.13. The number of hydrogen-bond acceptors (Lipinski definition) is 3.